The first-order chi connectivity index (χ1) is 17.4. The second kappa shape index (κ2) is 10.5. The molecule has 2 aliphatic carbocycles. The van der Waals surface area contributed by atoms with E-state index in [1.165, 1.54) is 16.9 Å². The number of nitrogens with zero attached hydrogens (tertiary/aromatic N) is 5. The van der Waals surface area contributed by atoms with Gasteiger partial charge in [-0.05, 0) is 50.5 Å². The van der Waals surface area contributed by atoms with Gasteiger partial charge in [0.05, 0.1) is 30.1 Å². The van der Waals surface area contributed by atoms with E-state index in [1.807, 2.05) is 0 Å². The van der Waals surface area contributed by atoms with Gasteiger partial charge in [0, 0.05) is 12.4 Å². The first-order valence-electron chi connectivity index (χ1n) is 12.9. The van der Waals surface area contributed by atoms with Crippen LogP contribution in [0, 0.1) is 5.92 Å². The van der Waals surface area contributed by atoms with E-state index < -0.39 is 24.1 Å². The SMILES string of the molecule is CC[C@H]1CC[C@H](n2cc(NC(=O)c3cnn4ccc(N[C@@H]5CCCC[C@H]5O)nc34)c(C(F)F)n2)CC1. The minimum atomic E-state index is -2.81. The Morgan fingerprint density at radius 2 is 1.97 bits per heavy atom. The van der Waals surface area contributed by atoms with Gasteiger partial charge in [-0.1, -0.05) is 26.2 Å². The highest BCUT2D eigenvalue weighted by Gasteiger charge is 2.27. The Morgan fingerprint density at radius 3 is 2.69 bits per heavy atom. The van der Waals surface area contributed by atoms with E-state index >= 15 is 0 Å². The second-order valence-electron chi connectivity index (χ2n) is 9.99. The van der Waals surface area contributed by atoms with Crippen molar-refractivity contribution in [2.24, 2.45) is 5.92 Å². The number of nitrogens with one attached hydrogen (secondary N) is 2. The summed E-state index contributed by atoms with van der Waals surface area (Å²) in [4.78, 5) is 17.7. The van der Waals surface area contributed by atoms with Crippen LogP contribution in [0.4, 0.5) is 20.3 Å². The van der Waals surface area contributed by atoms with E-state index in [0.717, 1.165) is 57.8 Å². The van der Waals surface area contributed by atoms with Crippen LogP contribution < -0.4 is 10.6 Å². The minimum absolute atomic E-state index is 0.00609. The molecular weight excluding hydrogens is 468 g/mol. The summed E-state index contributed by atoms with van der Waals surface area (Å²) in [5.74, 6) is 0.615. The van der Waals surface area contributed by atoms with Crippen molar-refractivity contribution < 1.29 is 18.7 Å². The van der Waals surface area contributed by atoms with Gasteiger partial charge in [-0.2, -0.15) is 10.2 Å². The zero-order chi connectivity index (χ0) is 25.2. The number of anilines is 2. The molecule has 3 aromatic rings. The molecule has 194 valence electrons. The summed E-state index contributed by atoms with van der Waals surface area (Å²) >= 11 is 0. The summed E-state index contributed by atoms with van der Waals surface area (Å²) < 4.78 is 30.6. The molecule has 2 atom stereocenters. The minimum Gasteiger partial charge on any atom is -0.391 e. The maximum absolute atomic E-state index is 13.8. The van der Waals surface area contributed by atoms with E-state index in [2.05, 4.69) is 32.7 Å². The van der Waals surface area contributed by atoms with Crippen LogP contribution in [-0.2, 0) is 0 Å². The quantitative estimate of drug-likeness (QED) is 0.422. The average Bonchev–Trinajstić information content (AvgIpc) is 3.50. The van der Waals surface area contributed by atoms with Gasteiger partial charge in [-0.25, -0.2) is 18.3 Å². The average molecular weight is 502 g/mol. The first kappa shape index (κ1) is 24.6. The third kappa shape index (κ3) is 5.07. The van der Waals surface area contributed by atoms with Gasteiger partial charge in [-0.3, -0.25) is 9.48 Å². The summed E-state index contributed by atoms with van der Waals surface area (Å²) in [5.41, 5.74) is 0.0385. The van der Waals surface area contributed by atoms with Crippen molar-refractivity contribution in [3.8, 4) is 0 Å². The number of aliphatic hydroxyl groups is 1. The lowest BCUT2D eigenvalue weighted by molar-refractivity contribution is 0.102. The zero-order valence-electron chi connectivity index (χ0n) is 20.4. The Bertz CT molecular complexity index is 1200. The van der Waals surface area contributed by atoms with E-state index in [4.69, 9.17) is 0 Å². The van der Waals surface area contributed by atoms with Crippen LogP contribution in [0.25, 0.3) is 5.65 Å². The molecule has 0 bridgehead atoms. The third-order valence-corrected chi connectivity index (χ3v) is 7.66. The molecule has 1 amide bonds. The molecule has 0 aromatic carbocycles. The van der Waals surface area contributed by atoms with Crippen LogP contribution in [0.1, 0.15) is 93.2 Å². The predicted molar refractivity (Wildman–Crippen MR) is 131 cm³/mol. The summed E-state index contributed by atoms with van der Waals surface area (Å²) in [7, 11) is 0. The maximum atomic E-state index is 13.8. The van der Waals surface area contributed by atoms with Gasteiger partial charge >= 0.3 is 0 Å². The molecule has 0 unspecified atom stereocenters. The number of halogens is 2. The molecular formula is C25H33F2N7O2. The lowest BCUT2D eigenvalue weighted by Crippen LogP contribution is -2.36. The van der Waals surface area contributed by atoms with Gasteiger partial charge in [0.25, 0.3) is 12.3 Å². The molecule has 5 rings (SSSR count). The maximum Gasteiger partial charge on any atom is 0.284 e. The Labute approximate surface area is 208 Å². The van der Waals surface area contributed by atoms with Crippen molar-refractivity contribution in [2.45, 2.75) is 89.3 Å². The Kier molecular flexibility index (Phi) is 7.17. The number of alkyl halides is 2. The molecule has 3 aromatic heterocycles. The molecule has 0 aliphatic heterocycles. The normalized spacial score (nSPS) is 24.8. The van der Waals surface area contributed by atoms with Crippen molar-refractivity contribution in [2.75, 3.05) is 10.6 Å². The largest absolute Gasteiger partial charge is 0.391 e. The molecule has 9 nitrogen and oxygen atoms in total. The number of aliphatic hydroxyl groups excluding tert-OH is 1. The van der Waals surface area contributed by atoms with Crippen LogP contribution in [0.5, 0.6) is 0 Å². The van der Waals surface area contributed by atoms with E-state index in [0.29, 0.717) is 17.4 Å². The highest BCUT2D eigenvalue weighted by Crippen LogP contribution is 2.36. The van der Waals surface area contributed by atoms with Crippen molar-refractivity contribution in [1.29, 1.82) is 0 Å². The van der Waals surface area contributed by atoms with Crippen LogP contribution in [-0.4, -0.2) is 47.5 Å². The van der Waals surface area contributed by atoms with Gasteiger partial charge < -0.3 is 15.7 Å². The summed E-state index contributed by atoms with van der Waals surface area (Å²) in [6, 6.07) is 1.67. The molecule has 2 aliphatic rings. The Morgan fingerprint density at radius 1 is 1.19 bits per heavy atom. The number of hydrogen-bond donors (Lipinski definition) is 3. The number of aromatic nitrogens is 5. The van der Waals surface area contributed by atoms with Crippen LogP contribution in [0.3, 0.4) is 0 Å². The van der Waals surface area contributed by atoms with Gasteiger partial charge in [0.15, 0.2) is 11.3 Å². The topological polar surface area (TPSA) is 109 Å². The van der Waals surface area contributed by atoms with Crippen molar-refractivity contribution in [1.82, 2.24) is 24.4 Å². The lowest BCUT2D eigenvalue weighted by atomic mass is 9.85. The highest BCUT2D eigenvalue weighted by atomic mass is 19.3. The van der Waals surface area contributed by atoms with E-state index in [9.17, 15) is 18.7 Å². The van der Waals surface area contributed by atoms with E-state index in [-0.39, 0.29) is 23.3 Å². The van der Waals surface area contributed by atoms with Gasteiger partial charge in [0.1, 0.15) is 11.4 Å². The van der Waals surface area contributed by atoms with Gasteiger partial charge in [0.2, 0.25) is 0 Å². The molecule has 11 heteroatoms. The number of carbonyl (C=O) groups excluding carboxylic acids is 1. The molecule has 3 heterocycles. The molecule has 36 heavy (non-hydrogen) atoms. The third-order valence-electron chi connectivity index (χ3n) is 7.66. The lowest BCUT2D eigenvalue weighted by Gasteiger charge is -2.28. The number of carbonyl (C=O) groups is 1. The van der Waals surface area contributed by atoms with Crippen molar-refractivity contribution in [3.63, 3.8) is 0 Å². The molecule has 0 saturated heterocycles. The van der Waals surface area contributed by atoms with E-state index in [1.54, 1.807) is 16.9 Å². The highest BCUT2D eigenvalue weighted by molar-refractivity contribution is 6.08. The van der Waals surface area contributed by atoms with Crippen LogP contribution >= 0.6 is 0 Å². The first-order valence-corrected chi connectivity index (χ1v) is 12.9. The van der Waals surface area contributed by atoms with Crippen molar-refractivity contribution in [3.05, 3.63) is 35.9 Å². The molecule has 0 radical (unpaired) electrons. The number of rotatable bonds is 7. The molecule has 2 fully saturated rings. The molecule has 2 saturated carbocycles. The van der Waals surface area contributed by atoms with Crippen molar-refractivity contribution >= 4 is 23.1 Å². The zero-order valence-corrected chi connectivity index (χ0v) is 20.4. The Hall–Kier alpha value is -3.08. The monoisotopic (exact) mass is 501 g/mol. The fourth-order valence-corrected chi connectivity index (χ4v) is 5.44. The predicted octanol–water partition coefficient (Wildman–Crippen LogP) is 4.97. The summed E-state index contributed by atoms with van der Waals surface area (Å²) in [6.45, 7) is 2.18. The fourth-order valence-electron chi connectivity index (χ4n) is 5.44. The fraction of sp³-hybridized carbons (Fsp3) is 0.600. The van der Waals surface area contributed by atoms with Crippen LogP contribution in [0.2, 0.25) is 0 Å². The smallest absolute Gasteiger partial charge is 0.284 e. The molecule has 0 spiro atoms. The van der Waals surface area contributed by atoms with Crippen LogP contribution in [0.15, 0.2) is 24.7 Å². The standard InChI is InChI=1S/C25H33F2N7O2/c1-2-15-7-9-16(10-8-15)34-14-19(22(32-34)23(26)27)30-25(36)17-13-28-33-12-11-21(31-24(17)33)29-18-5-3-4-6-20(18)35/h11-16,18,20,23,35H,2-10H2,1H3,(H,29,31)(H,30,36)/t15-,16-,18-,20-/m1/s1. The summed E-state index contributed by atoms with van der Waals surface area (Å²) in [5, 5.41) is 24.5. The Balaban J connectivity index is 1.35. The molecule has 3 N–H and O–H groups in total. The number of hydrogen-bond acceptors (Lipinski definition) is 6. The number of amides is 1. The number of fused-ring (bicyclic) bond motifs is 1. The van der Waals surface area contributed by atoms with Gasteiger partial charge in [-0.15, -0.1) is 0 Å². The summed E-state index contributed by atoms with van der Waals surface area (Å²) in [6.07, 6.45) is 9.90. The second-order valence-corrected chi connectivity index (χ2v) is 9.99.